The first kappa shape index (κ1) is 20.5. The normalized spacial score (nSPS) is 18.1. The largest absolute Gasteiger partial charge is 0.492 e. The van der Waals surface area contributed by atoms with Gasteiger partial charge >= 0.3 is 0 Å². The van der Waals surface area contributed by atoms with Gasteiger partial charge in [0.05, 0.1) is 11.8 Å². The second kappa shape index (κ2) is 10.3. The highest BCUT2D eigenvalue weighted by Crippen LogP contribution is 2.31. The molecule has 4 rings (SSSR count). The summed E-state index contributed by atoms with van der Waals surface area (Å²) < 4.78 is 14.6. The maximum atomic E-state index is 6.21. The summed E-state index contributed by atoms with van der Waals surface area (Å²) >= 11 is 0. The Bertz CT molecular complexity index is 764. The predicted molar refractivity (Wildman–Crippen MR) is 117 cm³/mol. The number of hydrogen-bond donors (Lipinski definition) is 0. The summed E-state index contributed by atoms with van der Waals surface area (Å²) in [5.74, 6) is 1.75. The average Bonchev–Trinajstić information content (AvgIpc) is 3.49. The molecule has 0 spiro atoms. The minimum atomic E-state index is 0.703. The molecule has 0 saturated carbocycles. The summed E-state index contributed by atoms with van der Waals surface area (Å²) in [4.78, 5) is 9.63. The van der Waals surface area contributed by atoms with Crippen LogP contribution in [0.2, 0.25) is 0 Å². The van der Waals surface area contributed by atoms with E-state index in [0.717, 1.165) is 55.2 Å². The monoisotopic (exact) mass is 400 g/mol. The van der Waals surface area contributed by atoms with Gasteiger partial charge in [0.1, 0.15) is 24.5 Å². The number of nitrogens with zero attached hydrogens (tertiary/aromatic N) is 4. The molecule has 2 aliphatic heterocycles. The molecule has 0 atom stereocenters. The minimum absolute atomic E-state index is 0.703. The van der Waals surface area contributed by atoms with Crippen LogP contribution in [0.25, 0.3) is 11.0 Å². The summed E-state index contributed by atoms with van der Waals surface area (Å²) in [6, 6.07) is 4.17. The molecule has 6 nitrogen and oxygen atoms in total. The third-order valence-electron chi connectivity index (χ3n) is 6.16. The van der Waals surface area contributed by atoms with Crippen LogP contribution < -0.4 is 9.47 Å². The van der Waals surface area contributed by atoms with E-state index in [1.54, 1.807) is 0 Å². The molecule has 0 bridgehead atoms. The number of ether oxygens (including phenoxy) is 2. The predicted octanol–water partition coefficient (Wildman–Crippen LogP) is 3.79. The Labute approximate surface area is 174 Å². The maximum absolute atomic E-state index is 6.21. The molecule has 6 heteroatoms. The molecule has 2 saturated heterocycles. The number of likely N-dealkylation sites (tertiary alicyclic amines) is 2. The van der Waals surface area contributed by atoms with Crippen LogP contribution >= 0.6 is 0 Å². The van der Waals surface area contributed by atoms with Crippen molar-refractivity contribution in [3.8, 4) is 11.5 Å². The van der Waals surface area contributed by atoms with Crippen LogP contribution in [0.3, 0.4) is 0 Å². The summed E-state index contributed by atoms with van der Waals surface area (Å²) in [5.41, 5.74) is 2.07. The summed E-state index contributed by atoms with van der Waals surface area (Å²) in [5, 5.41) is 0. The quantitative estimate of drug-likeness (QED) is 0.574. The Morgan fingerprint density at radius 3 is 2.17 bits per heavy atom. The Hall–Kier alpha value is -1.79. The minimum Gasteiger partial charge on any atom is -0.492 e. The van der Waals surface area contributed by atoms with E-state index in [0.29, 0.717) is 6.61 Å². The molecule has 0 N–H and O–H groups in total. The van der Waals surface area contributed by atoms with Gasteiger partial charge in [0.25, 0.3) is 0 Å². The molecule has 2 aliphatic rings. The number of benzene rings is 1. The van der Waals surface area contributed by atoms with E-state index in [-0.39, 0.29) is 0 Å². The van der Waals surface area contributed by atoms with Crippen molar-refractivity contribution in [3.63, 3.8) is 0 Å². The van der Waals surface area contributed by atoms with Crippen LogP contribution in [0, 0.1) is 0 Å². The van der Waals surface area contributed by atoms with Crippen LogP contribution in [0.15, 0.2) is 18.5 Å². The number of imidazole rings is 1. The van der Waals surface area contributed by atoms with Crippen molar-refractivity contribution < 1.29 is 9.47 Å². The van der Waals surface area contributed by atoms with Gasteiger partial charge in [-0.2, -0.15) is 0 Å². The van der Waals surface area contributed by atoms with Gasteiger partial charge in [-0.15, -0.1) is 0 Å². The molecule has 3 heterocycles. The zero-order chi connectivity index (χ0) is 19.9. The lowest BCUT2D eigenvalue weighted by atomic mass is 10.2. The van der Waals surface area contributed by atoms with Gasteiger partial charge in [-0.25, -0.2) is 4.98 Å². The first-order valence-electron chi connectivity index (χ1n) is 11.5. The average molecular weight is 401 g/mol. The van der Waals surface area contributed by atoms with E-state index >= 15 is 0 Å². The number of rotatable bonds is 11. The smallest absolute Gasteiger partial charge is 0.150 e. The van der Waals surface area contributed by atoms with Crippen molar-refractivity contribution in [1.29, 1.82) is 0 Å². The Balaban J connectivity index is 1.45. The Kier molecular flexibility index (Phi) is 7.28. The summed E-state index contributed by atoms with van der Waals surface area (Å²) in [6.45, 7) is 11.4. The maximum Gasteiger partial charge on any atom is 0.150 e. The van der Waals surface area contributed by atoms with Gasteiger partial charge in [-0.3, -0.25) is 9.80 Å². The van der Waals surface area contributed by atoms with E-state index in [1.165, 1.54) is 58.3 Å². The number of hydrogen-bond acceptors (Lipinski definition) is 5. The SMILES string of the molecule is CCCCn1cnc2c(OCCN3CCCC3)cc(OCCN3CCCC3)cc21. The Morgan fingerprint density at radius 1 is 0.862 bits per heavy atom. The number of aryl methyl sites for hydroxylation is 1. The van der Waals surface area contributed by atoms with Gasteiger partial charge in [0, 0.05) is 31.8 Å². The van der Waals surface area contributed by atoms with Gasteiger partial charge in [0.2, 0.25) is 0 Å². The highest BCUT2D eigenvalue weighted by molar-refractivity contribution is 5.83. The summed E-state index contributed by atoms with van der Waals surface area (Å²) in [6.07, 6.45) is 9.53. The van der Waals surface area contributed by atoms with Crippen LogP contribution in [-0.2, 0) is 6.54 Å². The lowest BCUT2D eigenvalue weighted by molar-refractivity contribution is 0.231. The van der Waals surface area contributed by atoms with Gasteiger partial charge in [-0.1, -0.05) is 13.3 Å². The van der Waals surface area contributed by atoms with E-state index in [9.17, 15) is 0 Å². The second-order valence-corrected chi connectivity index (χ2v) is 8.38. The molecule has 1 aromatic heterocycles. The van der Waals surface area contributed by atoms with Crippen molar-refractivity contribution in [3.05, 3.63) is 18.5 Å². The molecule has 29 heavy (non-hydrogen) atoms. The van der Waals surface area contributed by atoms with Crippen LogP contribution in [0.1, 0.15) is 45.4 Å². The molecule has 160 valence electrons. The third-order valence-corrected chi connectivity index (χ3v) is 6.16. The molecular formula is C23H36N4O2. The first-order chi connectivity index (χ1) is 14.3. The van der Waals surface area contributed by atoms with Crippen LogP contribution in [0.5, 0.6) is 11.5 Å². The Morgan fingerprint density at radius 2 is 1.52 bits per heavy atom. The van der Waals surface area contributed by atoms with Crippen molar-refractivity contribution in [2.24, 2.45) is 0 Å². The van der Waals surface area contributed by atoms with E-state index in [4.69, 9.17) is 9.47 Å². The fourth-order valence-electron chi connectivity index (χ4n) is 4.40. The number of aromatic nitrogens is 2. The molecular weight excluding hydrogens is 364 g/mol. The van der Waals surface area contributed by atoms with E-state index < -0.39 is 0 Å². The van der Waals surface area contributed by atoms with Crippen LogP contribution in [0.4, 0.5) is 0 Å². The van der Waals surface area contributed by atoms with Gasteiger partial charge < -0.3 is 14.0 Å². The fourth-order valence-corrected chi connectivity index (χ4v) is 4.40. The van der Waals surface area contributed by atoms with E-state index in [2.05, 4.69) is 32.3 Å². The van der Waals surface area contributed by atoms with Crippen molar-refractivity contribution in [1.82, 2.24) is 19.4 Å². The molecule has 0 amide bonds. The topological polar surface area (TPSA) is 42.8 Å². The molecule has 0 aliphatic carbocycles. The number of fused-ring (bicyclic) bond motifs is 1. The first-order valence-corrected chi connectivity index (χ1v) is 11.5. The second-order valence-electron chi connectivity index (χ2n) is 8.38. The molecule has 0 unspecified atom stereocenters. The van der Waals surface area contributed by atoms with Gasteiger partial charge in [0.15, 0.2) is 5.75 Å². The standard InChI is InChI=1S/C23H36N4O2/c1-2-3-12-27-19-24-23-21(27)17-20(28-15-13-25-8-4-5-9-25)18-22(23)29-16-14-26-10-6-7-11-26/h17-19H,2-16H2,1H3. The lowest BCUT2D eigenvalue weighted by Crippen LogP contribution is -2.25. The zero-order valence-electron chi connectivity index (χ0n) is 17.9. The fraction of sp³-hybridized carbons (Fsp3) is 0.696. The van der Waals surface area contributed by atoms with Crippen molar-refractivity contribution in [2.75, 3.05) is 52.5 Å². The van der Waals surface area contributed by atoms with Crippen molar-refractivity contribution in [2.45, 2.75) is 52.0 Å². The van der Waals surface area contributed by atoms with E-state index in [1.807, 2.05) is 12.4 Å². The highest BCUT2D eigenvalue weighted by atomic mass is 16.5. The molecule has 2 fully saturated rings. The van der Waals surface area contributed by atoms with Crippen LogP contribution in [-0.4, -0.2) is 71.8 Å². The lowest BCUT2D eigenvalue weighted by Gasteiger charge is -2.17. The zero-order valence-corrected chi connectivity index (χ0v) is 17.9. The highest BCUT2D eigenvalue weighted by Gasteiger charge is 2.15. The molecule has 2 aromatic rings. The van der Waals surface area contributed by atoms with Crippen molar-refractivity contribution >= 4 is 11.0 Å². The number of unbranched alkanes of at least 4 members (excludes halogenated alkanes) is 1. The molecule has 1 aromatic carbocycles. The van der Waals surface area contributed by atoms with Gasteiger partial charge in [-0.05, 0) is 58.3 Å². The third kappa shape index (κ3) is 5.43. The summed E-state index contributed by atoms with van der Waals surface area (Å²) in [7, 11) is 0. The molecule has 0 radical (unpaired) electrons.